The number of nitrogens with one attached hydrogen (secondary N) is 2. The van der Waals surface area contributed by atoms with Crippen LogP contribution in [-0.4, -0.2) is 26.3 Å². The van der Waals surface area contributed by atoms with Crippen molar-refractivity contribution in [3.8, 4) is 0 Å². The summed E-state index contributed by atoms with van der Waals surface area (Å²) in [5.74, 6) is -0.122. The Kier molecular flexibility index (Phi) is 8.70. The number of pyridine rings is 1. The number of amides is 1. The number of carbonyl (C=O) groups is 1. The topological polar surface area (TPSA) is 83.4 Å². The molecule has 0 spiro atoms. The fourth-order valence-electron chi connectivity index (χ4n) is 3.26. The van der Waals surface area contributed by atoms with Gasteiger partial charge in [-0.25, -0.2) is 4.39 Å². The van der Waals surface area contributed by atoms with Crippen LogP contribution >= 0.6 is 11.8 Å². The molecule has 0 bridgehead atoms. The molecule has 31 heavy (non-hydrogen) atoms. The number of carbonyl (C=O) groups excluding carboxylic acids is 1. The van der Waals surface area contributed by atoms with Gasteiger partial charge in [0.15, 0.2) is 0 Å². The highest BCUT2D eigenvalue weighted by molar-refractivity contribution is 8.15. The lowest BCUT2D eigenvalue weighted by atomic mass is 10.2. The van der Waals surface area contributed by atoms with E-state index in [1.165, 1.54) is 22.4 Å². The third-order valence-electron chi connectivity index (χ3n) is 5.12. The van der Waals surface area contributed by atoms with Crippen molar-refractivity contribution in [1.82, 2.24) is 4.57 Å². The number of aromatic nitrogens is 1. The minimum atomic E-state index is -0.439. The van der Waals surface area contributed by atoms with E-state index in [4.69, 9.17) is 5.11 Å². The highest BCUT2D eigenvalue weighted by Crippen LogP contribution is 2.52. The SMILES string of the molecule is CC.Cc1ccc(Nc2c(NC(=O)SC3(CCCO)CC3)cc(C)c(=O)n2C)c(F)c1. The number of aliphatic hydroxyl groups is 1. The minimum Gasteiger partial charge on any atom is -0.396 e. The summed E-state index contributed by atoms with van der Waals surface area (Å²) in [6, 6.07) is 6.37. The van der Waals surface area contributed by atoms with Gasteiger partial charge in [-0.2, -0.15) is 0 Å². The van der Waals surface area contributed by atoms with Crippen LogP contribution in [0.15, 0.2) is 29.1 Å². The summed E-state index contributed by atoms with van der Waals surface area (Å²) in [5, 5.41) is 14.6. The van der Waals surface area contributed by atoms with E-state index in [0.29, 0.717) is 23.5 Å². The van der Waals surface area contributed by atoms with Crippen molar-refractivity contribution in [3.63, 3.8) is 0 Å². The van der Waals surface area contributed by atoms with E-state index in [1.807, 2.05) is 13.8 Å². The Morgan fingerprint density at radius 3 is 2.48 bits per heavy atom. The Bertz CT molecular complexity index is 987. The van der Waals surface area contributed by atoms with Crippen LogP contribution in [0.25, 0.3) is 0 Å². The van der Waals surface area contributed by atoms with E-state index in [2.05, 4.69) is 10.6 Å². The molecule has 0 unspecified atom stereocenters. The fraction of sp³-hybridized carbons (Fsp3) is 0.478. The van der Waals surface area contributed by atoms with E-state index in [0.717, 1.165) is 24.8 Å². The van der Waals surface area contributed by atoms with Gasteiger partial charge in [-0.1, -0.05) is 31.7 Å². The van der Waals surface area contributed by atoms with Crippen LogP contribution in [0.2, 0.25) is 0 Å². The molecule has 1 amide bonds. The zero-order chi connectivity index (χ0) is 23.2. The van der Waals surface area contributed by atoms with E-state index >= 15 is 0 Å². The number of halogens is 1. The van der Waals surface area contributed by atoms with E-state index in [9.17, 15) is 14.0 Å². The molecule has 1 aliphatic carbocycles. The maximum Gasteiger partial charge on any atom is 0.284 e. The van der Waals surface area contributed by atoms with Crippen molar-refractivity contribution >= 4 is 34.2 Å². The van der Waals surface area contributed by atoms with Gasteiger partial charge in [0.2, 0.25) is 0 Å². The fourth-order valence-corrected chi connectivity index (χ4v) is 4.37. The molecule has 0 radical (unpaired) electrons. The number of aliphatic hydroxyl groups excluding tert-OH is 1. The van der Waals surface area contributed by atoms with E-state index in [-0.39, 0.29) is 27.8 Å². The molecule has 1 aromatic carbocycles. The van der Waals surface area contributed by atoms with Gasteiger partial charge >= 0.3 is 0 Å². The predicted octanol–water partition coefficient (Wildman–Crippen LogP) is 5.48. The quantitative estimate of drug-likeness (QED) is 0.521. The molecular formula is C23H32FN3O3S. The molecule has 0 saturated heterocycles. The van der Waals surface area contributed by atoms with Gasteiger partial charge in [-0.15, -0.1) is 0 Å². The number of thioether (sulfide) groups is 1. The lowest BCUT2D eigenvalue weighted by Gasteiger charge is -2.19. The number of rotatable bonds is 7. The Balaban J connectivity index is 0.00000166. The monoisotopic (exact) mass is 449 g/mol. The maximum atomic E-state index is 14.3. The van der Waals surface area contributed by atoms with Gasteiger partial charge < -0.3 is 15.7 Å². The molecule has 1 heterocycles. The molecule has 0 aliphatic heterocycles. The van der Waals surface area contributed by atoms with Crippen LogP contribution in [0.5, 0.6) is 0 Å². The Labute approximate surface area is 187 Å². The molecule has 170 valence electrons. The third kappa shape index (κ3) is 6.33. The minimum absolute atomic E-state index is 0.111. The lowest BCUT2D eigenvalue weighted by Crippen LogP contribution is -2.24. The summed E-state index contributed by atoms with van der Waals surface area (Å²) in [6.45, 7) is 7.58. The van der Waals surface area contributed by atoms with Crippen molar-refractivity contribution in [2.24, 2.45) is 7.05 Å². The molecule has 1 fully saturated rings. The molecule has 1 saturated carbocycles. The first-order valence-corrected chi connectivity index (χ1v) is 11.4. The first-order chi connectivity index (χ1) is 14.7. The first kappa shape index (κ1) is 24.9. The number of anilines is 3. The summed E-state index contributed by atoms with van der Waals surface area (Å²) in [4.78, 5) is 25.1. The average molecular weight is 450 g/mol. The summed E-state index contributed by atoms with van der Waals surface area (Å²) in [7, 11) is 1.58. The van der Waals surface area contributed by atoms with Crippen LogP contribution in [-0.2, 0) is 7.05 Å². The van der Waals surface area contributed by atoms with Gasteiger partial charge in [0.05, 0.1) is 11.4 Å². The number of hydrogen-bond donors (Lipinski definition) is 3. The normalized spacial score (nSPS) is 13.8. The molecule has 1 aromatic heterocycles. The Hall–Kier alpha value is -2.32. The molecule has 1 aliphatic rings. The van der Waals surface area contributed by atoms with Crippen LogP contribution in [0.1, 0.15) is 50.7 Å². The van der Waals surface area contributed by atoms with Gasteiger partial charge in [-0.3, -0.25) is 14.2 Å². The molecule has 6 nitrogen and oxygen atoms in total. The largest absolute Gasteiger partial charge is 0.396 e. The smallest absolute Gasteiger partial charge is 0.284 e. The second-order valence-electron chi connectivity index (χ2n) is 7.59. The van der Waals surface area contributed by atoms with Gasteiger partial charge in [-0.05, 0) is 63.3 Å². The zero-order valence-corrected chi connectivity index (χ0v) is 19.7. The van der Waals surface area contributed by atoms with Gasteiger partial charge in [0.1, 0.15) is 11.6 Å². The summed E-state index contributed by atoms with van der Waals surface area (Å²) in [6.07, 6.45) is 3.33. The van der Waals surface area contributed by atoms with E-state index < -0.39 is 5.82 Å². The van der Waals surface area contributed by atoms with E-state index in [1.54, 1.807) is 39.1 Å². The van der Waals surface area contributed by atoms with Gasteiger partial charge in [0.25, 0.3) is 10.8 Å². The zero-order valence-electron chi connectivity index (χ0n) is 18.8. The molecular weight excluding hydrogens is 417 g/mol. The molecule has 3 rings (SSSR count). The van der Waals surface area contributed by atoms with Crippen molar-refractivity contribution < 1.29 is 14.3 Å². The van der Waals surface area contributed by atoms with Crippen molar-refractivity contribution in [1.29, 1.82) is 0 Å². The second-order valence-corrected chi connectivity index (χ2v) is 9.03. The molecule has 8 heteroatoms. The molecule has 2 aromatic rings. The summed E-state index contributed by atoms with van der Waals surface area (Å²) >= 11 is 1.23. The first-order valence-electron chi connectivity index (χ1n) is 10.6. The van der Waals surface area contributed by atoms with Crippen LogP contribution in [0.3, 0.4) is 0 Å². The molecule has 3 N–H and O–H groups in total. The highest BCUT2D eigenvalue weighted by Gasteiger charge is 2.44. The van der Waals surface area contributed by atoms with Crippen molar-refractivity contribution in [3.05, 3.63) is 51.6 Å². The van der Waals surface area contributed by atoms with Crippen molar-refractivity contribution in [2.45, 2.75) is 58.1 Å². The van der Waals surface area contributed by atoms with Gasteiger partial charge in [0, 0.05) is 24.0 Å². The average Bonchev–Trinajstić information content (AvgIpc) is 3.50. The number of hydrogen-bond acceptors (Lipinski definition) is 5. The standard InChI is InChI=1S/C21H26FN3O3S.C2H6/c1-13-5-6-16(15(22)11-13)23-18-17(12-14(2)19(27)25(18)3)24-20(28)29-21(8-9-21)7-4-10-26;1-2/h5-6,11-12,23,26H,4,7-10H2,1-3H3,(H,24,28);1-2H3. The second kappa shape index (κ2) is 10.8. The summed E-state index contributed by atoms with van der Waals surface area (Å²) in [5.41, 5.74) is 1.67. The third-order valence-corrected chi connectivity index (χ3v) is 6.45. The van der Waals surface area contributed by atoms with Crippen LogP contribution < -0.4 is 16.2 Å². The Morgan fingerprint density at radius 1 is 1.23 bits per heavy atom. The highest BCUT2D eigenvalue weighted by atomic mass is 32.2. The Morgan fingerprint density at radius 2 is 1.90 bits per heavy atom. The van der Waals surface area contributed by atoms with Crippen LogP contribution in [0, 0.1) is 19.7 Å². The van der Waals surface area contributed by atoms with Crippen molar-refractivity contribution in [2.75, 3.05) is 17.2 Å². The predicted molar refractivity (Wildman–Crippen MR) is 127 cm³/mol. The van der Waals surface area contributed by atoms with Crippen LogP contribution in [0.4, 0.5) is 26.4 Å². The molecule has 0 atom stereocenters. The lowest BCUT2D eigenvalue weighted by molar-refractivity contribution is 0.269. The number of nitrogens with zero attached hydrogens (tertiary/aromatic N) is 1. The number of aryl methyl sites for hydroxylation is 2. The summed E-state index contributed by atoms with van der Waals surface area (Å²) < 4.78 is 15.6. The number of benzene rings is 1. The maximum absolute atomic E-state index is 14.3.